The van der Waals surface area contributed by atoms with Crippen LogP contribution in [-0.4, -0.2) is 10.8 Å². The van der Waals surface area contributed by atoms with E-state index in [1.165, 1.54) is 43.5 Å². The number of nitrogens with zero attached hydrogens (tertiary/aromatic N) is 2. The number of rotatable bonds is 9. The highest BCUT2D eigenvalue weighted by Gasteiger charge is 2.26. The van der Waals surface area contributed by atoms with Gasteiger partial charge < -0.3 is 14.2 Å². The Morgan fingerprint density at radius 3 is 2.28 bits per heavy atom. The molecule has 0 saturated heterocycles. The van der Waals surface area contributed by atoms with E-state index in [1.54, 1.807) is 0 Å². The highest BCUT2D eigenvalue weighted by molar-refractivity contribution is 7.56. The number of ether oxygens (including phenoxy) is 1. The normalized spacial score (nSPS) is 16.4. The van der Waals surface area contributed by atoms with Gasteiger partial charge in [0.25, 0.3) is 0 Å². The predicted octanol–water partition coefficient (Wildman–Crippen LogP) is 12.7. The van der Waals surface area contributed by atoms with E-state index in [4.69, 9.17) is 4.74 Å². The van der Waals surface area contributed by atoms with Crippen LogP contribution in [0.4, 0.5) is 11.4 Å². The van der Waals surface area contributed by atoms with E-state index in [0.29, 0.717) is 8.58 Å². The molecule has 53 heavy (non-hydrogen) atoms. The Labute approximate surface area is 317 Å². The third kappa shape index (κ3) is 7.49. The maximum Gasteiger partial charge on any atom is 0.173 e. The molecule has 1 aliphatic rings. The molecule has 2 heterocycles. The topological polar surface area (TPSA) is 17.4 Å². The fourth-order valence-corrected chi connectivity index (χ4v) is 8.57. The van der Waals surface area contributed by atoms with Gasteiger partial charge in [0.1, 0.15) is 5.76 Å². The number of anilines is 2. The standard InChI is InChI=1S/C47H43N2OP.C2H6/c1-6-18-35(19-7-2)40-29-30-42-41-26-14-16-28-44(41)49(46(42)47(40)51-39-24-11-10-12-25-39)38-23-17-22-37(32-38)48-33(5)50-45(20-8-3)34(9-4)31-36-21-13-15-27-43(36)48;1-2/h6-30,32-33,51H,1,4,31H2,2-3,5H3;1-2H3/b19-7-,20-8-,35-18+,45-34-;. The lowest BCUT2D eigenvalue weighted by atomic mass is 9.99. The summed E-state index contributed by atoms with van der Waals surface area (Å²) in [6, 6.07) is 41.7. The predicted molar refractivity (Wildman–Crippen MR) is 234 cm³/mol. The number of allylic oxidation sites excluding steroid dienone is 9. The zero-order valence-corrected chi connectivity index (χ0v) is 32.5. The number of para-hydroxylation sites is 2. The van der Waals surface area contributed by atoms with Crippen molar-refractivity contribution in [1.29, 1.82) is 0 Å². The third-order valence-corrected chi connectivity index (χ3v) is 10.8. The monoisotopic (exact) mass is 712 g/mol. The Bertz CT molecular complexity index is 2370. The van der Waals surface area contributed by atoms with Gasteiger partial charge in [0.2, 0.25) is 0 Å². The van der Waals surface area contributed by atoms with Crippen LogP contribution in [0.25, 0.3) is 33.1 Å². The minimum absolute atomic E-state index is 0.282. The van der Waals surface area contributed by atoms with Crippen molar-refractivity contribution in [2.24, 2.45) is 0 Å². The number of hydrogen-bond acceptors (Lipinski definition) is 2. The van der Waals surface area contributed by atoms with Crippen LogP contribution in [0.5, 0.6) is 0 Å². The molecule has 0 N–H and O–H groups in total. The first-order valence-electron chi connectivity index (χ1n) is 18.5. The number of aromatic nitrogens is 1. The van der Waals surface area contributed by atoms with Gasteiger partial charge >= 0.3 is 0 Å². The molecule has 0 saturated carbocycles. The average molecular weight is 713 g/mol. The molecule has 7 rings (SSSR count). The molecule has 0 spiro atoms. The van der Waals surface area contributed by atoms with Crippen molar-refractivity contribution in [1.82, 2.24) is 4.57 Å². The summed E-state index contributed by atoms with van der Waals surface area (Å²) in [5.41, 5.74) is 10.3. The first kappa shape index (κ1) is 37.1. The molecule has 0 amide bonds. The zero-order valence-electron chi connectivity index (χ0n) is 31.5. The van der Waals surface area contributed by atoms with E-state index < -0.39 is 0 Å². The lowest BCUT2D eigenvalue weighted by molar-refractivity contribution is 0.143. The number of fused-ring (bicyclic) bond motifs is 4. The molecule has 1 aromatic heterocycles. The molecule has 2 unspecified atom stereocenters. The van der Waals surface area contributed by atoms with Gasteiger partial charge in [-0.1, -0.05) is 157 Å². The molecule has 1 aliphatic heterocycles. The minimum Gasteiger partial charge on any atom is -0.470 e. The summed E-state index contributed by atoms with van der Waals surface area (Å²) in [4.78, 5) is 2.32. The second-order valence-corrected chi connectivity index (χ2v) is 13.9. The molecule has 4 heteroatoms. The molecule has 5 aromatic carbocycles. The Balaban J connectivity index is 0.00000236. The summed E-state index contributed by atoms with van der Waals surface area (Å²) in [6.07, 6.45) is 14.7. The van der Waals surface area contributed by atoms with Crippen molar-refractivity contribution in [3.05, 3.63) is 193 Å². The molecule has 2 atom stereocenters. The van der Waals surface area contributed by atoms with Crippen molar-refractivity contribution in [3.8, 4) is 5.69 Å². The zero-order chi connectivity index (χ0) is 37.3. The molecular weight excluding hydrogens is 664 g/mol. The first-order chi connectivity index (χ1) is 26.1. The van der Waals surface area contributed by atoms with Gasteiger partial charge in [-0.05, 0) is 84.8 Å². The molecular formula is C49H49N2OP. The van der Waals surface area contributed by atoms with Crippen molar-refractivity contribution in [2.75, 3.05) is 4.90 Å². The van der Waals surface area contributed by atoms with Crippen LogP contribution in [0.3, 0.4) is 0 Å². The lowest BCUT2D eigenvalue weighted by Crippen LogP contribution is -2.33. The largest absolute Gasteiger partial charge is 0.470 e. The maximum atomic E-state index is 6.72. The van der Waals surface area contributed by atoms with Gasteiger partial charge in [-0.15, -0.1) is 0 Å². The van der Waals surface area contributed by atoms with Crippen molar-refractivity contribution in [3.63, 3.8) is 0 Å². The molecule has 266 valence electrons. The van der Waals surface area contributed by atoms with Crippen LogP contribution in [-0.2, 0) is 11.2 Å². The maximum absolute atomic E-state index is 6.72. The van der Waals surface area contributed by atoms with E-state index in [2.05, 4.69) is 170 Å². The van der Waals surface area contributed by atoms with Crippen LogP contribution in [0.15, 0.2) is 182 Å². The Kier molecular flexibility index (Phi) is 12.1. The van der Waals surface area contributed by atoms with Gasteiger partial charge in [-0.3, -0.25) is 0 Å². The van der Waals surface area contributed by atoms with Gasteiger partial charge in [0.05, 0.1) is 11.0 Å². The van der Waals surface area contributed by atoms with Crippen LogP contribution in [0.2, 0.25) is 0 Å². The quantitative estimate of drug-likeness (QED) is 0.110. The van der Waals surface area contributed by atoms with E-state index in [9.17, 15) is 0 Å². The van der Waals surface area contributed by atoms with Crippen LogP contribution < -0.4 is 15.5 Å². The molecule has 3 nitrogen and oxygen atoms in total. The average Bonchev–Trinajstić information content (AvgIpc) is 3.53. The van der Waals surface area contributed by atoms with Crippen molar-refractivity contribution in [2.45, 2.75) is 47.3 Å². The van der Waals surface area contributed by atoms with Crippen molar-refractivity contribution >= 4 is 57.9 Å². The Hall–Kier alpha value is -5.63. The Morgan fingerprint density at radius 2 is 1.53 bits per heavy atom. The second kappa shape index (κ2) is 17.3. The minimum atomic E-state index is -0.282. The van der Waals surface area contributed by atoms with E-state index in [0.717, 1.165) is 40.4 Å². The Morgan fingerprint density at radius 1 is 0.792 bits per heavy atom. The van der Waals surface area contributed by atoms with Crippen LogP contribution >= 0.6 is 8.58 Å². The van der Waals surface area contributed by atoms with E-state index >= 15 is 0 Å². The lowest BCUT2D eigenvalue weighted by Gasteiger charge is -2.36. The first-order valence-corrected chi connectivity index (χ1v) is 19.5. The second-order valence-electron chi connectivity index (χ2n) is 12.6. The highest BCUT2D eigenvalue weighted by atomic mass is 31.1. The molecule has 0 fully saturated rings. The molecule has 0 bridgehead atoms. The van der Waals surface area contributed by atoms with Gasteiger partial charge in [0, 0.05) is 39.6 Å². The summed E-state index contributed by atoms with van der Waals surface area (Å²) >= 11 is 0. The SMILES string of the molecule is C=C/C=C(\C=C/C)c1ccc2c3ccccc3n(-c3cccc(N4c5ccccc5C/C(C=C)=C(/C=C\C)OC4C)c3)c2c1Pc1ccccc1.CC. The summed E-state index contributed by atoms with van der Waals surface area (Å²) in [5.74, 6) is 0.849. The van der Waals surface area contributed by atoms with Crippen LogP contribution in [0.1, 0.15) is 45.7 Å². The number of benzene rings is 5. The molecule has 0 aliphatic carbocycles. The molecule has 0 radical (unpaired) electrons. The number of hydrogen-bond donors (Lipinski definition) is 0. The molecule has 6 aromatic rings. The summed E-state index contributed by atoms with van der Waals surface area (Å²) in [5, 5.41) is 5.07. The smallest absolute Gasteiger partial charge is 0.173 e. The van der Waals surface area contributed by atoms with Gasteiger partial charge in [-0.25, -0.2) is 0 Å². The van der Waals surface area contributed by atoms with Gasteiger partial charge in [-0.2, -0.15) is 0 Å². The van der Waals surface area contributed by atoms with E-state index in [1.807, 2.05) is 45.1 Å². The summed E-state index contributed by atoms with van der Waals surface area (Å²) < 4.78 is 9.19. The third-order valence-electron chi connectivity index (χ3n) is 9.37. The van der Waals surface area contributed by atoms with Crippen LogP contribution in [0, 0.1) is 0 Å². The summed E-state index contributed by atoms with van der Waals surface area (Å²) in [7, 11) is 0.443. The fourth-order valence-electron chi connectivity index (χ4n) is 7.20. The van der Waals surface area contributed by atoms with E-state index in [-0.39, 0.29) is 6.23 Å². The summed E-state index contributed by atoms with van der Waals surface area (Å²) in [6.45, 7) is 18.4. The highest BCUT2D eigenvalue weighted by Crippen LogP contribution is 2.40. The van der Waals surface area contributed by atoms with Gasteiger partial charge in [0.15, 0.2) is 6.23 Å². The van der Waals surface area contributed by atoms with Crippen molar-refractivity contribution < 1.29 is 4.74 Å². The fraction of sp³-hybridized carbons (Fsp3) is 0.143.